The first-order chi connectivity index (χ1) is 14.2. The van der Waals surface area contributed by atoms with Crippen molar-refractivity contribution in [1.29, 1.82) is 0 Å². The summed E-state index contributed by atoms with van der Waals surface area (Å²) in [6, 6.07) is 15.1. The molecule has 0 atom stereocenters. The van der Waals surface area contributed by atoms with Crippen molar-refractivity contribution in [2.45, 2.75) is 18.3 Å². The van der Waals surface area contributed by atoms with Gasteiger partial charge in [-0.15, -0.1) is 0 Å². The van der Waals surface area contributed by atoms with E-state index in [1.165, 1.54) is 0 Å². The maximum Gasteiger partial charge on any atom is 0.313 e. The predicted octanol–water partition coefficient (Wildman–Crippen LogP) is 2.26. The van der Waals surface area contributed by atoms with Crippen molar-refractivity contribution in [1.82, 2.24) is 5.32 Å². The maximum atomic E-state index is 12.4. The van der Waals surface area contributed by atoms with E-state index in [0.717, 1.165) is 18.4 Å². The van der Waals surface area contributed by atoms with Crippen LogP contribution in [-0.2, 0) is 19.7 Å². The molecular weight excluding hydrogens is 372 g/mol. The van der Waals surface area contributed by atoms with Crippen LogP contribution < -0.4 is 20.1 Å². The van der Waals surface area contributed by atoms with E-state index in [1.54, 1.807) is 18.2 Å². The van der Waals surface area contributed by atoms with E-state index >= 15 is 0 Å². The molecule has 152 valence electrons. The van der Waals surface area contributed by atoms with E-state index in [2.05, 4.69) is 22.8 Å². The minimum Gasteiger partial charge on any atom is -0.486 e. The first kappa shape index (κ1) is 19.3. The Labute approximate surface area is 169 Å². The van der Waals surface area contributed by atoms with Gasteiger partial charge in [0.2, 0.25) is 0 Å². The SMILES string of the molecule is O=C(NCC1(c2ccccc2)CCOCC1)C(=O)Nc1ccc2c(c1)OCCO2. The van der Waals surface area contributed by atoms with Crippen molar-refractivity contribution in [3.63, 3.8) is 0 Å². The third-order valence-corrected chi connectivity index (χ3v) is 5.43. The fourth-order valence-corrected chi connectivity index (χ4v) is 3.76. The summed E-state index contributed by atoms with van der Waals surface area (Å²) >= 11 is 0. The van der Waals surface area contributed by atoms with Gasteiger partial charge in [-0.1, -0.05) is 30.3 Å². The maximum absolute atomic E-state index is 12.4. The van der Waals surface area contributed by atoms with Gasteiger partial charge < -0.3 is 24.8 Å². The molecule has 7 nitrogen and oxygen atoms in total. The van der Waals surface area contributed by atoms with Crippen LogP contribution in [0.4, 0.5) is 5.69 Å². The normalized spacial score (nSPS) is 17.2. The molecule has 4 rings (SSSR count). The van der Waals surface area contributed by atoms with Crippen molar-refractivity contribution in [2.24, 2.45) is 0 Å². The van der Waals surface area contributed by atoms with Crippen LogP contribution >= 0.6 is 0 Å². The zero-order chi connectivity index (χ0) is 20.1. The third kappa shape index (κ3) is 4.35. The molecule has 2 aliphatic heterocycles. The second-order valence-corrected chi connectivity index (χ2v) is 7.25. The Bertz CT molecular complexity index is 878. The minimum absolute atomic E-state index is 0.230. The molecule has 1 saturated heterocycles. The first-order valence-electron chi connectivity index (χ1n) is 9.78. The molecular formula is C22H24N2O5. The number of hydrogen-bond acceptors (Lipinski definition) is 5. The number of fused-ring (bicyclic) bond motifs is 1. The van der Waals surface area contributed by atoms with Crippen LogP contribution in [0.1, 0.15) is 18.4 Å². The highest BCUT2D eigenvalue weighted by molar-refractivity contribution is 6.39. The molecule has 0 radical (unpaired) electrons. The lowest BCUT2D eigenvalue weighted by Gasteiger charge is -2.37. The summed E-state index contributed by atoms with van der Waals surface area (Å²) in [5.74, 6) is -0.193. The van der Waals surface area contributed by atoms with Gasteiger partial charge in [-0.05, 0) is 30.5 Å². The van der Waals surface area contributed by atoms with Crippen LogP contribution in [0, 0.1) is 0 Å². The lowest BCUT2D eigenvalue weighted by atomic mass is 9.74. The second kappa shape index (κ2) is 8.53. The zero-order valence-electron chi connectivity index (χ0n) is 16.1. The molecule has 7 heteroatoms. The van der Waals surface area contributed by atoms with Crippen LogP contribution in [0.25, 0.3) is 0 Å². The average Bonchev–Trinajstić information content (AvgIpc) is 2.78. The molecule has 2 aromatic carbocycles. The summed E-state index contributed by atoms with van der Waals surface area (Å²) in [7, 11) is 0. The number of anilines is 1. The number of ether oxygens (including phenoxy) is 3. The fraction of sp³-hybridized carbons (Fsp3) is 0.364. The molecule has 0 bridgehead atoms. The predicted molar refractivity (Wildman–Crippen MR) is 107 cm³/mol. The van der Waals surface area contributed by atoms with E-state index < -0.39 is 11.8 Å². The Morgan fingerprint density at radius 1 is 0.862 bits per heavy atom. The molecule has 2 amide bonds. The molecule has 0 aliphatic carbocycles. The van der Waals surface area contributed by atoms with Gasteiger partial charge in [0.05, 0.1) is 0 Å². The standard InChI is InChI=1S/C22H24N2O5/c25-20(21(26)24-17-6-7-18-19(14-17)29-13-12-28-18)23-15-22(8-10-27-11-9-22)16-4-2-1-3-5-16/h1-7,14H,8-13,15H2,(H,23,25)(H,24,26). The van der Waals surface area contributed by atoms with Gasteiger partial charge in [0, 0.05) is 36.9 Å². The van der Waals surface area contributed by atoms with Crippen molar-refractivity contribution in [3.8, 4) is 11.5 Å². The highest BCUT2D eigenvalue weighted by atomic mass is 16.6. The summed E-state index contributed by atoms with van der Waals surface area (Å²) in [5, 5.41) is 5.43. The Hall–Kier alpha value is -3.06. The molecule has 0 saturated carbocycles. The number of nitrogens with one attached hydrogen (secondary N) is 2. The van der Waals surface area contributed by atoms with E-state index in [1.807, 2.05) is 18.2 Å². The molecule has 2 N–H and O–H groups in total. The first-order valence-corrected chi connectivity index (χ1v) is 9.78. The molecule has 29 heavy (non-hydrogen) atoms. The molecule has 1 fully saturated rings. The van der Waals surface area contributed by atoms with Gasteiger partial charge in [0.1, 0.15) is 13.2 Å². The zero-order valence-corrected chi connectivity index (χ0v) is 16.1. The lowest BCUT2D eigenvalue weighted by Crippen LogP contribution is -2.47. The van der Waals surface area contributed by atoms with Crippen molar-refractivity contribution in [2.75, 3.05) is 38.3 Å². The number of amides is 2. The number of carbonyl (C=O) groups is 2. The van der Waals surface area contributed by atoms with Gasteiger partial charge in [0.25, 0.3) is 0 Å². The van der Waals surface area contributed by atoms with Crippen LogP contribution in [-0.4, -0.2) is 44.8 Å². The fourth-order valence-electron chi connectivity index (χ4n) is 3.76. The van der Waals surface area contributed by atoms with Gasteiger partial charge in [0.15, 0.2) is 11.5 Å². The third-order valence-electron chi connectivity index (χ3n) is 5.43. The lowest BCUT2D eigenvalue weighted by molar-refractivity contribution is -0.136. The van der Waals surface area contributed by atoms with Gasteiger partial charge in [-0.25, -0.2) is 0 Å². The highest BCUT2D eigenvalue weighted by Gasteiger charge is 2.35. The average molecular weight is 396 g/mol. The summed E-state index contributed by atoms with van der Waals surface area (Å²) in [6.45, 7) is 2.60. The van der Waals surface area contributed by atoms with Crippen LogP contribution in [0.15, 0.2) is 48.5 Å². The van der Waals surface area contributed by atoms with E-state index in [0.29, 0.717) is 50.2 Å². The van der Waals surface area contributed by atoms with Gasteiger partial charge >= 0.3 is 11.8 Å². The Balaban J connectivity index is 1.40. The van der Waals surface area contributed by atoms with Crippen LogP contribution in [0.3, 0.4) is 0 Å². The van der Waals surface area contributed by atoms with Crippen molar-refractivity contribution >= 4 is 17.5 Å². The number of rotatable bonds is 4. The Morgan fingerprint density at radius 2 is 1.59 bits per heavy atom. The highest BCUT2D eigenvalue weighted by Crippen LogP contribution is 2.34. The Kier molecular flexibility index (Phi) is 5.67. The van der Waals surface area contributed by atoms with Crippen molar-refractivity contribution in [3.05, 3.63) is 54.1 Å². The quantitative estimate of drug-likeness (QED) is 0.775. The van der Waals surface area contributed by atoms with E-state index in [9.17, 15) is 9.59 Å². The molecule has 2 heterocycles. The van der Waals surface area contributed by atoms with Crippen LogP contribution in [0.5, 0.6) is 11.5 Å². The number of hydrogen-bond donors (Lipinski definition) is 2. The summed E-state index contributed by atoms with van der Waals surface area (Å²) < 4.78 is 16.5. The van der Waals surface area contributed by atoms with E-state index in [-0.39, 0.29) is 5.41 Å². The molecule has 0 unspecified atom stereocenters. The minimum atomic E-state index is -0.711. The smallest absolute Gasteiger partial charge is 0.313 e. The Morgan fingerprint density at radius 3 is 2.34 bits per heavy atom. The summed E-state index contributed by atoms with van der Waals surface area (Å²) in [4.78, 5) is 24.8. The van der Waals surface area contributed by atoms with Gasteiger partial charge in [-0.3, -0.25) is 9.59 Å². The molecule has 0 aromatic heterocycles. The largest absolute Gasteiger partial charge is 0.486 e. The molecule has 0 spiro atoms. The summed E-state index contributed by atoms with van der Waals surface area (Å²) in [6.07, 6.45) is 1.59. The molecule has 2 aliphatic rings. The monoisotopic (exact) mass is 396 g/mol. The topological polar surface area (TPSA) is 85.9 Å². The van der Waals surface area contributed by atoms with Crippen molar-refractivity contribution < 1.29 is 23.8 Å². The number of carbonyl (C=O) groups excluding carboxylic acids is 2. The number of benzene rings is 2. The summed E-state index contributed by atoms with van der Waals surface area (Å²) in [5.41, 5.74) is 1.40. The van der Waals surface area contributed by atoms with E-state index in [4.69, 9.17) is 14.2 Å². The molecule has 2 aromatic rings. The van der Waals surface area contributed by atoms with Gasteiger partial charge in [-0.2, -0.15) is 0 Å². The second-order valence-electron chi connectivity index (χ2n) is 7.25. The van der Waals surface area contributed by atoms with Crippen LogP contribution in [0.2, 0.25) is 0 Å².